The molecule has 2 N–H and O–H groups in total. The Hall–Kier alpha value is -2.03. The van der Waals surface area contributed by atoms with Crippen LogP contribution in [0.1, 0.15) is 25.3 Å². The summed E-state index contributed by atoms with van der Waals surface area (Å²) in [6.07, 6.45) is 6.53. The van der Waals surface area contributed by atoms with E-state index in [1.54, 1.807) is 0 Å². The number of anilines is 2. The van der Waals surface area contributed by atoms with Gasteiger partial charge in [-0.2, -0.15) is 0 Å². The van der Waals surface area contributed by atoms with Crippen molar-refractivity contribution in [3.05, 3.63) is 35.9 Å². The molecule has 0 atom stereocenters. The molecule has 0 amide bonds. The summed E-state index contributed by atoms with van der Waals surface area (Å²) in [5.41, 5.74) is 7.18. The van der Waals surface area contributed by atoms with E-state index in [4.69, 9.17) is 5.73 Å². The van der Waals surface area contributed by atoms with E-state index < -0.39 is 0 Å². The summed E-state index contributed by atoms with van der Waals surface area (Å²) in [5.74, 6) is 1.66. The number of rotatable bonds is 2. The van der Waals surface area contributed by atoms with Crippen molar-refractivity contribution in [2.75, 3.05) is 23.7 Å². The Balaban J connectivity index is 2.26. The van der Waals surface area contributed by atoms with Gasteiger partial charge in [0.05, 0.1) is 0 Å². The molecule has 1 aromatic carbocycles. The van der Waals surface area contributed by atoms with E-state index >= 15 is 0 Å². The van der Waals surface area contributed by atoms with E-state index in [-0.39, 0.29) is 0 Å². The predicted octanol–water partition coefficient (Wildman–Crippen LogP) is 3.45. The van der Waals surface area contributed by atoms with Crippen LogP contribution in [0.5, 0.6) is 0 Å². The molecule has 98 valence electrons. The molecule has 3 nitrogen and oxygen atoms in total. The number of pyridine rings is 1. The zero-order valence-electron chi connectivity index (χ0n) is 11.3. The minimum absolute atomic E-state index is 0.624. The molecule has 0 spiro atoms. The first-order valence-electron chi connectivity index (χ1n) is 6.87. The van der Waals surface area contributed by atoms with Crippen molar-refractivity contribution in [1.82, 2.24) is 4.98 Å². The molecule has 1 aliphatic rings. The van der Waals surface area contributed by atoms with Crippen molar-refractivity contribution >= 4 is 28.5 Å². The molecular formula is C16H19N3. The van der Waals surface area contributed by atoms with Gasteiger partial charge in [0, 0.05) is 24.0 Å². The Morgan fingerprint density at radius 2 is 1.84 bits per heavy atom. The number of hydrogen-bond donors (Lipinski definition) is 1. The fourth-order valence-corrected chi connectivity index (χ4v) is 2.80. The van der Waals surface area contributed by atoms with Crippen LogP contribution in [0.25, 0.3) is 16.8 Å². The second-order valence-corrected chi connectivity index (χ2v) is 4.97. The maximum Gasteiger partial charge on any atom is 0.138 e. The second-order valence-electron chi connectivity index (χ2n) is 4.97. The highest BCUT2D eigenvalue weighted by Crippen LogP contribution is 2.33. The quantitative estimate of drug-likeness (QED) is 0.891. The molecule has 1 aromatic heterocycles. The lowest BCUT2D eigenvalue weighted by Crippen LogP contribution is -2.20. The molecule has 3 heteroatoms. The summed E-state index contributed by atoms with van der Waals surface area (Å²) in [5, 5.41) is 2.39. The van der Waals surface area contributed by atoms with E-state index in [2.05, 4.69) is 34.1 Å². The van der Waals surface area contributed by atoms with E-state index in [1.165, 1.54) is 23.6 Å². The number of nitrogens with zero attached hydrogens (tertiary/aromatic N) is 2. The maximum atomic E-state index is 6.15. The molecule has 0 saturated carbocycles. The number of aromatic nitrogens is 1. The number of hydrogen-bond acceptors (Lipinski definition) is 3. The van der Waals surface area contributed by atoms with Crippen LogP contribution in [0.15, 0.2) is 30.3 Å². The molecule has 3 rings (SSSR count). The van der Waals surface area contributed by atoms with Crippen LogP contribution >= 0.6 is 0 Å². The summed E-state index contributed by atoms with van der Waals surface area (Å²) >= 11 is 0. The van der Waals surface area contributed by atoms with Gasteiger partial charge in [0.15, 0.2) is 0 Å². The molecule has 0 radical (unpaired) electrons. The van der Waals surface area contributed by atoms with Crippen LogP contribution in [-0.2, 0) is 0 Å². The molecule has 0 aliphatic carbocycles. The van der Waals surface area contributed by atoms with Gasteiger partial charge in [0.1, 0.15) is 11.6 Å². The number of nitrogens with two attached hydrogens (primary N) is 1. The Morgan fingerprint density at radius 3 is 2.53 bits per heavy atom. The number of benzene rings is 1. The molecule has 0 bridgehead atoms. The lowest BCUT2D eigenvalue weighted by molar-refractivity contribution is 0.947. The van der Waals surface area contributed by atoms with Gasteiger partial charge >= 0.3 is 0 Å². The minimum atomic E-state index is 0.624. The summed E-state index contributed by atoms with van der Waals surface area (Å²) in [6.45, 7) is 4.17. The van der Waals surface area contributed by atoms with Crippen molar-refractivity contribution < 1.29 is 0 Å². The summed E-state index contributed by atoms with van der Waals surface area (Å²) in [6, 6.07) is 8.40. The van der Waals surface area contributed by atoms with Crippen LogP contribution in [0.2, 0.25) is 0 Å². The summed E-state index contributed by atoms with van der Waals surface area (Å²) in [4.78, 5) is 7.00. The highest BCUT2D eigenvalue weighted by molar-refractivity contribution is 6.00. The average Bonchev–Trinajstić information content (AvgIpc) is 2.95. The van der Waals surface area contributed by atoms with Crippen molar-refractivity contribution in [3.63, 3.8) is 0 Å². The van der Waals surface area contributed by atoms with Gasteiger partial charge in [0.2, 0.25) is 0 Å². The van der Waals surface area contributed by atoms with Crippen molar-refractivity contribution in [2.45, 2.75) is 19.8 Å². The number of nitrogen functional groups attached to an aromatic ring is 1. The largest absolute Gasteiger partial charge is 0.383 e. The number of allylic oxidation sites excluding steroid dienone is 1. The second kappa shape index (κ2) is 4.92. The zero-order chi connectivity index (χ0) is 13.2. The molecule has 19 heavy (non-hydrogen) atoms. The SMILES string of the molecule is C/C=C\c1c(N)nc(N2CCCC2)c2ccccc12. The zero-order valence-corrected chi connectivity index (χ0v) is 11.3. The van der Waals surface area contributed by atoms with Gasteiger partial charge in [0.25, 0.3) is 0 Å². The Labute approximate surface area is 113 Å². The fourth-order valence-electron chi connectivity index (χ4n) is 2.80. The molecule has 2 aromatic rings. The van der Waals surface area contributed by atoms with Crippen molar-refractivity contribution in [3.8, 4) is 0 Å². The molecule has 1 saturated heterocycles. The summed E-state index contributed by atoms with van der Waals surface area (Å²) < 4.78 is 0. The molecule has 1 fully saturated rings. The van der Waals surface area contributed by atoms with Crippen LogP contribution in [0.3, 0.4) is 0 Å². The lowest BCUT2D eigenvalue weighted by atomic mass is 10.1. The van der Waals surface area contributed by atoms with Gasteiger partial charge in [-0.1, -0.05) is 36.4 Å². The smallest absolute Gasteiger partial charge is 0.138 e. The van der Waals surface area contributed by atoms with Crippen LogP contribution in [0, 0.1) is 0 Å². The maximum absolute atomic E-state index is 6.15. The first-order chi connectivity index (χ1) is 9.31. The Kier molecular flexibility index (Phi) is 3.11. The highest BCUT2D eigenvalue weighted by Gasteiger charge is 2.18. The van der Waals surface area contributed by atoms with E-state index in [1.807, 2.05) is 19.1 Å². The molecule has 2 heterocycles. The minimum Gasteiger partial charge on any atom is -0.383 e. The average molecular weight is 253 g/mol. The topological polar surface area (TPSA) is 42.1 Å². The fraction of sp³-hybridized carbons (Fsp3) is 0.312. The molecule has 1 aliphatic heterocycles. The molecule has 0 unspecified atom stereocenters. The third kappa shape index (κ3) is 2.05. The van der Waals surface area contributed by atoms with Crippen LogP contribution in [0.4, 0.5) is 11.6 Å². The van der Waals surface area contributed by atoms with Gasteiger partial charge < -0.3 is 10.6 Å². The van der Waals surface area contributed by atoms with E-state index in [9.17, 15) is 0 Å². The molecular weight excluding hydrogens is 234 g/mol. The highest BCUT2D eigenvalue weighted by atomic mass is 15.2. The normalized spacial score (nSPS) is 15.7. The third-order valence-corrected chi connectivity index (χ3v) is 3.70. The van der Waals surface area contributed by atoms with Gasteiger partial charge in [-0.05, 0) is 25.2 Å². The first-order valence-corrected chi connectivity index (χ1v) is 6.87. The standard InChI is InChI=1S/C16H19N3/c1-2-7-13-12-8-3-4-9-14(12)16(18-15(13)17)19-10-5-6-11-19/h2-4,7-9H,5-6,10-11H2,1H3,(H2,17,18)/b7-2-. The van der Waals surface area contributed by atoms with Gasteiger partial charge in [-0.25, -0.2) is 4.98 Å². The van der Waals surface area contributed by atoms with Crippen LogP contribution in [-0.4, -0.2) is 18.1 Å². The van der Waals surface area contributed by atoms with E-state index in [0.717, 1.165) is 24.5 Å². The number of fused-ring (bicyclic) bond motifs is 1. The van der Waals surface area contributed by atoms with Crippen molar-refractivity contribution in [1.29, 1.82) is 0 Å². The first kappa shape index (κ1) is 12.0. The Bertz CT molecular complexity index is 625. The lowest BCUT2D eigenvalue weighted by Gasteiger charge is -2.20. The third-order valence-electron chi connectivity index (χ3n) is 3.70. The van der Waals surface area contributed by atoms with Crippen LogP contribution < -0.4 is 10.6 Å². The monoisotopic (exact) mass is 253 g/mol. The van der Waals surface area contributed by atoms with Gasteiger partial charge in [-0.3, -0.25) is 0 Å². The predicted molar refractivity (Wildman–Crippen MR) is 82.3 cm³/mol. The van der Waals surface area contributed by atoms with E-state index in [0.29, 0.717) is 5.82 Å². The Morgan fingerprint density at radius 1 is 1.16 bits per heavy atom. The summed E-state index contributed by atoms with van der Waals surface area (Å²) in [7, 11) is 0. The van der Waals surface area contributed by atoms with Crippen molar-refractivity contribution in [2.24, 2.45) is 0 Å². The van der Waals surface area contributed by atoms with Gasteiger partial charge in [-0.15, -0.1) is 0 Å².